The molecule has 0 bridgehead atoms. The van der Waals surface area contributed by atoms with Crippen LogP contribution in [0.3, 0.4) is 0 Å². The summed E-state index contributed by atoms with van der Waals surface area (Å²) in [4.78, 5) is 10.2. The van der Waals surface area contributed by atoms with Gasteiger partial charge in [0.15, 0.2) is 0 Å². The summed E-state index contributed by atoms with van der Waals surface area (Å²) >= 11 is 0. The Bertz CT molecular complexity index is 3490. The molecular formula is C67H52N2. The van der Waals surface area contributed by atoms with Gasteiger partial charge in [0, 0.05) is 38.5 Å². The second-order valence-electron chi connectivity index (χ2n) is 21.0. The van der Waals surface area contributed by atoms with E-state index in [1.54, 1.807) is 0 Å². The van der Waals surface area contributed by atoms with Crippen molar-refractivity contribution in [2.45, 2.75) is 57.8 Å². The van der Waals surface area contributed by atoms with E-state index in [2.05, 4.69) is 236 Å². The van der Waals surface area contributed by atoms with E-state index < -0.39 is 0 Å². The fourth-order valence-corrected chi connectivity index (χ4v) is 12.0. The van der Waals surface area contributed by atoms with Crippen molar-refractivity contribution in [1.82, 2.24) is 9.97 Å². The van der Waals surface area contributed by atoms with Crippen LogP contribution < -0.4 is 0 Å². The molecule has 0 atom stereocenters. The van der Waals surface area contributed by atoms with Gasteiger partial charge in [-0.1, -0.05) is 187 Å². The lowest BCUT2D eigenvalue weighted by Gasteiger charge is -2.24. The molecule has 0 amide bonds. The Morgan fingerprint density at radius 2 is 0.449 bits per heavy atom. The van der Waals surface area contributed by atoms with Crippen LogP contribution in [0, 0.1) is 0 Å². The summed E-state index contributed by atoms with van der Waals surface area (Å²) < 4.78 is 0. The Hall–Kier alpha value is -7.94. The lowest BCUT2D eigenvalue weighted by molar-refractivity contribution is 0.659. The van der Waals surface area contributed by atoms with Crippen molar-refractivity contribution in [2.24, 2.45) is 0 Å². The molecule has 2 aromatic heterocycles. The molecule has 0 unspecified atom stereocenters. The summed E-state index contributed by atoms with van der Waals surface area (Å²) in [7, 11) is 0. The van der Waals surface area contributed by atoms with Crippen LogP contribution in [0.4, 0.5) is 0 Å². The summed E-state index contributed by atoms with van der Waals surface area (Å²) in [5.74, 6) is 0. The molecule has 2 heteroatoms. The number of fused-ring (bicyclic) bond motifs is 9. The van der Waals surface area contributed by atoms with E-state index in [-0.39, 0.29) is 16.2 Å². The van der Waals surface area contributed by atoms with Gasteiger partial charge in [-0.05, 0) is 150 Å². The third-order valence-corrected chi connectivity index (χ3v) is 15.9. The smallest absolute Gasteiger partial charge is 0.0709 e. The Balaban J connectivity index is 0.784. The summed E-state index contributed by atoms with van der Waals surface area (Å²) in [6.45, 7) is 14.3. The minimum atomic E-state index is -0.167. The zero-order valence-corrected chi connectivity index (χ0v) is 40.0. The molecule has 2 heterocycles. The van der Waals surface area contributed by atoms with E-state index in [9.17, 15) is 0 Å². The molecule has 0 radical (unpaired) electrons. The standard InChI is InChI=1S/C67H52N2/c1-65(2)55-35-43(45-25-31-51-53-33-27-47(39-59(53)66(3,4)57(51)37-45)63-21-13-19-61(68-63)41-15-9-7-10-16-41)23-29-49(55)50-30-24-44(36-56(50)65)46-26-32-52-54-34-28-48(40-60(54)67(5,6)58(52)38-46)64-22-14-20-62(69-64)42-17-11-8-12-18-42/h7-40H,1-6H3. The zero-order valence-electron chi connectivity index (χ0n) is 40.0. The van der Waals surface area contributed by atoms with Crippen LogP contribution in [0.1, 0.15) is 74.9 Å². The van der Waals surface area contributed by atoms with Gasteiger partial charge in [-0.2, -0.15) is 0 Å². The van der Waals surface area contributed by atoms with Crippen LogP contribution in [0.15, 0.2) is 206 Å². The molecule has 8 aromatic carbocycles. The summed E-state index contributed by atoms with van der Waals surface area (Å²) in [6, 6.07) is 76.0. The predicted molar refractivity (Wildman–Crippen MR) is 287 cm³/mol. The van der Waals surface area contributed by atoms with Gasteiger partial charge >= 0.3 is 0 Å². The zero-order chi connectivity index (χ0) is 46.8. The molecule has 0 aliphatic heterocycles. The maximum absolute atomic E-state index is 5.11. The van der Waals surface area contributed by atoms with Crippen molar-refractivity contribution in [1.29, 1.82) is 0 Å². The molecule has 330 valence electrons. The lowest BCUT2D eigenvalue weighted by atomic mass is 9.79. The SMILES string of the molecule is CC1(C)c2cc(-c3ccc4c(c3)C(C)(C)c3cc(-c5cccc(-c6ccccc6)n5)ccc3-4)ccc2-c2ccc(-c3ccc4c(c3)C(C)(C)c3cc(-c5cccc(-c6ccccc6)n5)ccc3-4)cc21. The molecule has 3 aliphatic carbocycles. The normalized spacial score (nSPS) is 14.9. The van der Waals surface area contributed by atoms with Crippen LogP contribution >= 0.6 is 0 Å². The molecule has 0 fully saturated rings. The van der Waals surface area contributed by atoms with E-state index in [0.29, 0.717) is 0 Å². The average molecular weight is 885 g/mol. The minimum absolute atomic E-state index is 0.165. The number of hydrogen-bond donors (Lipinski definition) is 0. The van der Waals surface area contributed by atoms with Gasteiger partial charge in [-0.3, -0.25) is 0 Å². The summed E-state index contributed by atoms with van der Waals surface area (Å²) in [5.41, 5.74) is 29.2. The number of rotatable bonds is 6. The van der Waals surface area contributed by atoms with Crippen LogP contribution in [0.25, 0.3) is 101 Å². The Labute approximate surface area is 406 Å². The highest BCUT2D eigenvalue weighted by Gasteiger charge is 2.39. The van der Waals surface area contributed by atoms with Crippen molar-refractivity contribution in [3.63, 3.8) is 0 Å². The first kappa shape index (κ1) is 41.3. The van der Waals surface area contributed by atoms with Gasteiger partial charge in [0.2, 0.25) is 0 Å². The topological polar surface area (TPSA) is 25.8 Å². The van der Waals surface area contributed by atoms with Crippen molar-refractivity contribution in [2.75, 3.05) is 0 Å². The molecule has 0 saturated carbocycles. The van der Waals surface area contributed by atoms with Gasteiger partial charge in [0.1, 0.15) is 0 Å². The number of hydrogen-bond acceptors (Lipinski definition) is 2. The van der Waals surface area contributed by atoms with Crippen molar-refractivity contribution >= 4 is 0 Å². The largest absolute Gasteiger partial charge is 0.248 e. The van der Waals surface area contributed by atoms with E-state index in [1.807, 2.05) is 12.1 Å². The molecule has 13 rings (SSSR count). The molecule has 0 N–H and O–H groups in total. The Morgan fingerprint density at radius 1 is 0.217 bits per heavy atom. The highest BCUT2D eigenvalue weighted by molar-refractivity contribution is 5.90. The maximum Gasteiger partial charge on any atom is 0.0709 e. The second-order valence-corrected chi connectivity index (χ2v) is 21.0. The van der Waals surface area contributed by atoms with Crippen LogP contribution in [-0.2, 0) is 16.2 Å². The Morgan fingerprint density at radius 3 is 0.725 bits per heavy atom. The molecular weight excluding hydrogens is 833 g/mol. The number of nitrogens with zero attached hydrogens (tertiary/aromatic N) is 2. The van der Waals surface area contributed by atoms with Gasteiger partial charge in [-0.15, -0.1) is 0 Å². The molecule has 10 aromatic rings. The number of benzene rings is 8. The summed E-state index contributed by atoms with van der Waals surface area (Å²) in [6.07, 6.45) is 0. The van der Waals surface area contributed by atoms with Crippen molar-refractivity contribution in [3.05, 3.63) is 240 Å². The fraction of sp³-hybridized carbons (Fsp3) is 0.134. The van der Waals surface area contributed by atoms with Crippen molar-refractivity contribution in [3.8, 4) is 101 Å². The quantitative estimate of drug-likeness (QED) is 0.166. The average Bonchev–Trinajstić information content (AvgIpc) is 3.87. The number of pyridine rings is 2. The third kappa shape index (κ3) is 6.39. The summed E-state index contributed by atoms with van der Waals surface area (Å²) in [5, 5.41) is 0. The minimum Gasteiger partial charge on any atom is -0.248 e. The highest BCUT2D eigenvalue weighted by Crippen LogP contribution is 2.55. The van der Waals surface area contributed by atoms with E-state index >= 15 is 0 Å². The van der Waals surface area contributed by atoms with Crippen LogP contribution in [-0.4, -0.2) is 9.97 Å². The van der Waals surface area contributed by atoms with Gasteiger partial charge < -0.3 is 0 Å². The monoisotopic (exact) mass is 884 g/mol. The van der Waals surface area contributed by atoms with Gasteiger partial charge in [0.05, 0.1) is 22.8 Å². The first-order valence-electron chi connectivity index (χ1n) is 24.4. The second kappa shape index (κ2) is 15.0. The van der Waals surface area contributed by atoms with Crippen molar-refractivity contribution < 1.29 is 0 Å². The van der Waals surface area contributed by atoms with Gasteiger partial charge in [0.25, 0.3) is 0 Å². The first-order chi connectivity index (χ1) is 33.4. The third-order valence-electron chi connectivity index (χ3n) is 15.9. The number of aromatic nitrogens is 2. The molecule has 3 aliphatic rings. The lowest BCUT2D eigenvalue weighted by Crippen LogP contribution is -2.16. The maximum atomic E-state index is 5.11. The fourth-order valence-electron chi connectivity index (χ4n) is 12.0. The van der Waals surface area contributed by atoms with Crippen LogP contribution in [0.5, 0.6) is 0 Å². The van der Waals surface area contributed by atoms with E-state index in [1.165, 1.54) is 89.0 Å². The van der Waals surface area contributed by atoms with Crippen LogP contribution in [0.2, 0.25) is 0 Å². The molecule has 0 saturated heterocycles. The molecule has 2 nitrogen and oxygen atoms in total. The first-order valence-corrected chi connectivity index (χ1v) is 24.4. The highest BCUT2D eigenvalue weighted by atomic mass is 14.7. The van der Waals surface area contributed by atoms with Gasteiger partial charge in [-0.25, -0.2) is 9.97 Å². The molecule has 0 spiro atoms. The van der Waals surface area contributed by atoms with E-state index in [4.69, 9.17) is 9.97 Å². The Kier molecular flexibility index (Phi) is 8.99. The molecule has 69 heavy (non-hydrogen) atoms. The predicted octanol–water partition coefficient (Wildman–Crippen LogP) is 17.4. The van der Waals surface area contributed by atoms with E-state index in [0.717, 1.165) is 45.0 Å².